The van der Waals surface area contributed by atoms with Crippen molar-refractivity contribution in [3.63, 3.8) is 0 Å². The van der Waals surface area contributed by atoms with E-state index < -0.39 is 228 Å². The van der Waals surface area contributed by atoms with Crippen LogP contribution in [0.3, 0.4) is 0 Å². The summed E-state index contributed by atoms with van der Waals surface area (Å²) in [5.74, 6) is -1.13. The fourth-order valence-electron chi connectivity index (χ4n) is 7.35. The van der Waals surface area contributed by atoms with Crippen LogP contribution < -0.4 is 43.1 Å². The molecule has 4 aromatic carbocycles. The van der Waals surface area contributed by atoms with Gasteiger partial charge in [-0.2, -0.15) is 127 Å². The lowest BCUT2D eigenvalue weighted by Gasteiger charge is -2.46. The summed E-state index contributed by atoms with van der Waals surface area (Å²) in [5.41, 5.74) is -30.2. The van der Waals surface area contributed by atoms with Crippen LogP contribution in [0, 0.1) is 7.53 Å². The highest BCUT2D eigenvalue weighted by Gasteiger charge is 2.47. The van der Waals surface area contributed by atoms with E-state index in [1.807, 2.05) is 0 Å². The van der Waals surface area contributed by atoms with E-state index in [0.29, 0.717) is 7.53 Å². The highest BCUT2D eigenvalue weighted by atomic mass is 127. The highest BCUT2D eigenvalue weighted by molar-refractivity contribution is 7.20. The van der Waals surface area contributed by atoms with Gasteiger partial charge in [0.05, 0.1) is 44.5 Å². The first-order valence-electron chi connectivity index (χ1n) is 20.1. The van der Waals surface area contributed by atoms with Gasteiger partial charge in [0.1, 0.15) is 6.15 Å². The highest BCUT2D eigenvalue weighted by Crippen LogP contribution is 2.41. The van der Waals surface area contributed by atoms with E-state index in [1.165, 1.54) is 12.1 Å². The first-order chi connectivity index (χ1) is 35.4. The standard InChI is InChI=1S/C32H12BF24.C12H8Cl2IO6/c34-25(35,36)13-1-14(26(37,38)39)6-21(5-13)33(22-7-15(27(40,41)42)2-16(8-22)28(43,44)45,23-9-17(29(46,47)48)3-18(10-23)30(49,50)51)24-11-19(31(52,53)54)4-20(12-24)32(55,56)57;13-5-18-11(16)7-1-3-9(20-7)15-10-4-2-8(21-10)12(17)19-6-14/h1-12H;1-4H,5-6H2/q-1;+1. The van der Waals surface area contributed by atoms with Gasteiger partial charge in [-0.3, -0.25) is 0 Å². The van der Waals surface area contributed by atoms with Crippen molar-refractivity contribution in [1.82, 2.24) is 0 Å². The molecule has 0 saturated carbocycles. The van der Waals surface area contributed by atoms with Crippen LogP contribution in [0.25, 0.3) is 0 Å². The predicted molar refractivity (Wildman–Crippen MR) is 217 cm³/mol. The number of hydrogen-bond acceptors (Lipinski definition) is 6. The summed E-state index contributed by atoms with van der Waals surface area (Å²) in [6.07, 6.45) is -54.8. The van der Waals surface area contributed by atoms with Crippen LogP contribution in [0.4, 0.5) is 105 Å². The van der Waals surface area contributed by atoms with Crippen LogP contribution in [0.1, 0.15) is 65.6 Å². The van der Waals surface area contributed by atoms with Crippen molar-refractivity contribution in [2.75, 3.05) is 12.1 Å². The van der Waals surface area contributed by atoms with Crippen LogP contribution in [-0.2, 0) is 58.9 Å². The third kappa shape index (κ3) is 14.8. The molecule has 0 aliphatic heterocycles. The topological polar surface area (TPSA) is 78.9 Å². The second-order valence-corrected chi connectivity index (χ2v) is 18.7. The molecule has 78 heavy (non-hydrogen) atoms. The molecule has 0 spiro atoms. The molecule has 6 nitrogen and oxygen atoms in total. The van der Waals surface area contributed by atoms with E-state index in [-0.39, 0.29) is 23.7 Å². The van der Waals surface area contributed by atoms with Gasteiger partial charge in [-0.05, 0) is 36.4 Å². The van der Waals surface area contributed by atoms with Crippen LogP contribution in [0.2, 0.25) is 0 Å². The zero-order chi connectivity index (χ0) is 59.2. The van der Waals surface area contributed by atoms with Gasteiger partial charge < -0.3 is 18.3 Å². The number of hydrogen-bond donors (Lipinski definition) is 0. The maximum atomic E-state index is 14.2. The van der Waals surface area contributed by atoms with Gasteiger partial charge in [-0.15, -0.1) is 0 Å². The largest absolute Gasteiger partial charge is 0.443 e. The SMILES string of the molecule is FC(F)(F)c1cc([B-](c2cc(C(F)(F)F)cc(C(F)(F)F)c2)(c2cc(C(F)(F)F)cc(C(F)(F)F)c2)c2cc(C(F)(F)F)cc(C(F)(F)F)c2)cc(C(F)(F)F)c1.O=C(OCCl)c1ccc([I+]c2ccc(C(=O)OCCl)o2)o1. The second kappa shape index (κ2) is 22.3. The summed E-state index contributed by atoms with van der Waals surface area (Å²) >= 11 is 9.77. The number of carbonyl (C=O) groups excluding carboxylic acids is 2. The molecule has 6 aromatic rings. The van der Waals surface area contributed by atoms with Crippen molar-refractivity contribution in [2.45, 2.75) is 49.4 Å². The Kier molecular flexibility index (Phi) is 18.0. The Labute approximate surface area is 438 Å². The predicted octanol–water partition coefficient (Wildman–Crippen LogP) is 10.9. The minimum atomic E-state index is -6.13. The minimum absolute atomic E-state index is 0.0682. The van der Waals surface area contributed by atoms with E-state index in [2.05, 4.69) is 9.47 Å². The molecule has 0 bridgehead atoms. The van der Waals surface area contributed by atoms with Crippen molar-refractivity contribution < 1.29 is 154 Å². The van der Waals surface area contributed by atoms with Gasteiger partial charge in [-0.1, -0.05) is 71.7 Å². The number of furan rings is 2. The lowest BCUT2D eigenvalue weighted by atomic mass is 9.12. The average Bonchev–Trinajstić information content (AvgIpc) is 3.98. The molecule has 0 amide bonds. The van der Waals surface area contributed by atoms with Gasteiger partial charge in [0.25, 0.3) is 0 Å². The summed E-state index contributed by atoms with van der Waals surface area (Å²) in [4.78, 5) is 22.8. The summed E-state index contributed by atoms with van der Waals surface area (Å²) in [6, 6.07) is -3.00. The second-order valence-electron chi connectivity index (χ2n) is 15.6. The molecule has 2 aromatic heterocycles. The van der Waals surface area contributed by atoms with Gasteiger partial charge >= 0.3 is 90.1 Å². The first-order valence-corrected chi connectivity index (χ1v) is 23.3. The smallest absolute Gasteiger partial charge is 0.443 e. The molecule has 0 unspecified atom stereocenters. The lowest BCUT2D eigenvalue weighted by Crippen LogP contribution is -3.61. The van der Waals surface area contributed by atoms with Crippen LogP contribution in [0.15, 0.2) is 106 Å². The first kappa shape index (κ1) is 62.9. The number of carbonyl (C=O) groups is 2. The number of ether oxygens (including phenoxy) is 2. The summed E-state index contributed by atoms with van der Waals surface area (Å²) < 4.78 is 362. The van der Waals surface area contributed by atoms with E-state index in [9.17, 15) is 115 Å². The summed E-state index contributed by atoms with van der Waals surface area (Å²) in [5, 5.41) is 0. The van der Waals surface area contributed by atoms with Gasteiger partial charge in [-0.25, -0.2) is 9.59 Å². The third-order valence-corrected chi connectivity index (χ3v) is 13.0. The van der Waals surface area contributed by atoms with Crippen molar-refractivity contribution in [1.29, 1.82) is 0 Å². The fraction of sp³-hybridized carbons (Fsp3) is 0.227. The molecule has 424 valence electrons. The van der Waals surface area contributed by atoms with Crippen molar-refractivity contribution in [2.24, 2.45) is 0 Å². The fourth-order valence-corrected chi connectivity index (χ4v) is 9.49. The van der Waals surface area contributed by atoms with Crippen molar-refractivity contribution in [3.05, 3.63) is 161 Å². The Hall–Kier alpha value is -5.93. The Bertz CT molecular complexity index is 2650. The zero-order valence-electron chi connectivity index (χ0n) is 36.9. The molecule has 0 fully saturated rings. The van der Waals surface area contributed by atoms with E-state index in [4.69, 9.17) is 32.0 Å². The maximum Gasteiger partial charge on any atom is 0.443 e. The zero-order valence-corrected chi connectivity index (χ0v) is 40.6. The molecule has 0 saturated heterocycles. The molecule has 0 radical (unpaired) electrons. The van der Waals surface area contributed by atoms with Gasteiger partial charge in [0, 0.05) is 12.1 Å². The van der Waals surface area contributed by atoms with Gasteiger partial charge in [0.15, 0.2) is 12.1 Å². The molecular weight excluding hydrogens is 1290 g/mol. The van der Waals surface area contributed by atoms with Crippen molar-refractivity contribution >= 4 is 63.1 Å². The molecule has 0 aliphatic rings. The molecule has 2 heterocycles. The lowest BCUT2D eigenvalue weighted by molar-refractivity contribution is -0.636. The summed E-state index contributed by atoms with van der Waals surface area (Å²) in [7, 11) is 0. The monoisotopic (exact) mass is 1310 g/mol. The summed E-state index contributed by atoms with van der Waals surface area (Å²) in [6.45, 7) is 0. The Morgan fingerprint density at radius 2 is 0.551 bits per heavy atom. The van der Waals surface area contributed by atoms with E-state index in [1.54, 1.807) is 12.1 Å². The van der Waals surface area contributed by atoms with E-state index in [0.717, 1.165) is 0 Å². The minimum Gasteiger partial charge on any atom is -0.443 e. The number of esters is 2. The number of benzene rings is 4. The molecule has 34 heteroatoms. The maximum absolute atomic E-state index is 14.2. The number of rotatable bonds is 10. The molecule has 0 aliphatic carbocycles. The quantitative estimate of drug-likeness (QED) is 0.0447. The molecule has 0 N–H and O–H groups in total. The number of halogens is 27. The van der Waals surface area contributed by atoms with Crippen molar-refractivity contribution in [3.8, 4) is 0 Å². The average molecular weight is 1310 g/mol. The molecule has 0 atom stereocenters. The Balaban J connectivity index is 0.000000443. The van der Waals surface area contributed by atoms with Gasteiger partial charge in [0.2, 0.25) is 11.5 Å². The third-order valence-electron chi connectivity index (χ3n) is 10.5. The normalized spacial score (nSPS) is 13.3. The van der Waals surface area contributed by atoms with Crippen LogP contribution >= 0.6 is 23.2 Å². The van der Waals surface area contributed by atoms with E-state index >= 15 is 0 Å². The Morgan fingerprint density at radius 3 is 0.718 bits per heavy atom. The molecular formula is C44H20BCl2F24IO6. The van der Waals surface area contributed by atoms with Crippen LogP contribution in [0.5, 0.6) is 0 Å². The van der Waals surface area contributed by atoms with Crippen LogP contribution in [-0.4, -0.2) is 30.2 Å². The molecule has 6 rings (SSSR count). The Morgan fingerprint density at radius 1 is 0.359 bits per heavy atom. The number of alkyl halides is 26.